The molecule has 0 N–H and O–H groups in total. The van der Waals surface area contributed by atoms with Gasteiger partial charge in [0.2, 0.25) is 0 Å². The molecular weight excluding hydrogens is 295 g/mol. The van der Waals surface area contributed by atoms with E-state index in [1.54, 1.807) is 16.8 Å². The van der Waals surface area contributed by atoms with Gasteiger partial charge in [0.05, 0.1) is 5.69 Å². The molecule has 4 nitrogen and oxygen atoms in total. The van der Waals surface area contributed by atoms with Crippen LogP contribution in [0.3, 0.4) is 0 Å². The molecule has 2 aromatic heterocycles. The van der Waals surface area contributed by atoms with E-state index in [4.69, 9.17) is 23.2 Å². The normalized spacial score (nSPS) is 10.8. The summed E-state index contributed by atoms with van der Waals surface area (Å²) < 4.78 is 1.56. The molecule has 0 spiro atoms. The Morgan fingerprint density at radius 1 is 0.950 bits per heavy atom. The average Bonchev–Trinajstić information content (AvgIpc) is 2.77. The molecule has 0 unspecified atom stereocenters. The van der Waals surface area contributed by atoms with Gasteiger partial charge >= 0.3 is 0 Å². The fourth-order valence-corrected chi connectivity index (χ4v) is 2.23. The van der Waals surface area contributed by atoms with E-state index in [1.165, 1.54) is 0 Å². The first-order valence-corrected chi connectivity index (χ1v) is 6.72. The molecule has 3 rings (SSSR count). The van der Waals surface area contributed by atoms with Crippen molar-refractivity contribution in [1.82, 2.24) is 20.0 Å². The van der Waals surface area contributed by atoms with Crippen LogP contribution in [-0.2, 0) is 0 Å². The molecule has 0 bridgehead atoms. The van der Waals surface area contributed by atoms with Crippen LogP contribution in [-0.4, -0.2) is 20.0 Å². The second kappa shape index (κ2) is 5.23. The lowest BCUT2D eigenvalue weighted by atomic mass is 10.1. The van der Waals surface area contributed by atoms with Crippen LogP contribution in [0.2, 0.25) is 10.3 Å². The summed E-state index contributed by atoms with van der Waals surface area (Å²) in [4.78, 5) is 0. The Morgan fingerprint density at radius 3 is 2.35 bits per heavy atom. The topological polar surface area (TPSA) is 43.6 Å². The van der Waals surface area contributed by atoms with E-state index in [2.05, 4.69) is 15.3 Å². The highest BCUT2D eigenvalue weighted by Crippen LogP contribution is 2.29. The van der Waals surface area contributed by atoms with Gasteiger partial charge in [-0.15, -0.1) is 10.2 Å². The molecular formula is C14H10Cl2N4. The number of halogens is 2. The smallest absolute Gasteiger partial charge is 0.177 e. The van der Waals surface area contributed by atoms with Crippen LogP contribution in [0.1, 0.15) is 5.56 Å². The van der Waals surface area contributed by atoms with Crippen molar-refractivity contribution in [2.24, 2.45) is 0 Å². The third-order valence-corrected chi connectivity index (χ3v) is 3.58. The van der Waals surface area contributed by atoms with Crippen molar-refractivity contribution in [3.05, 3.63) is 58.3 Å². The SMILES string of the molecule is Cc1c(-c2ccccc2)nn(-c2ccc(Cl)nn2)c1Cl. The minimum absolute atomic E-state index is 0.331. The molecule has 0 saturated carbocycles. The molecule has 0 atom stereocenters. The predicted molar refractivity (Wildman–Crippen MR) is 79.3 cm³/mol. The summed E-state index contributed by atoms with van der Waals surface area (Å²) in [6.07, 6.45) is 0. The third kappa shape index (κ3) is 2.28. The fraction of sp³-hybridized carbons (Fsp3) is 0.0714. The summed E-state index contributed by atoms with van der Waals surface area (Å²) in [6.45, 7) is 1.93. The number of aromatic nitrogens is 4. The molecule has 1 aromatic carbocycles. The van der Waals surface area contributed by atoms with Crippen LogP contribution in [0.5, 0.6) is 0 Å². The van der Waals surface area contributed by atoms with Gasteiger partial charge in [-0.1, -0.05) is 53.5 Å². The lowest BCUT2D eigenvalue weighted by molar-refractivity contribution is 0.817. The zero-order valence-corrected chi connectivity index (χ0v) is 12.1. The van der Waals surface area contributed by atoms with Crippen molar-refractivity contribution in [2.45, 2.75) is 6.92 Å². The van der Waals surface area contributed by atoms with Gasteiger partial charge in [-0.2, -0.15) is 5.10 Å². The van der Waals surface area contributed by atoms with Gasteiger partial charge in [0.15, 0.2) is 11.0 Å². The van der Waals surface area contributed by atoms with Crippen LogP contribution >= 0.6 is 23.2 Å². The quantitative estimate of drug-likeness (QED) is 0.720. The molecule has 6 heteroatoms. The molecule has 3 aromatic rings. The molecule has 2 heterocycles. The van der Waals surface area contributed by atoms with E-state index in [0.717, 1.165) is 16.8 Å². The molecule has 20 heavy (non-hydrogen) atoms. The Morgan fingerprint density at radius 2 is 1.70 bits per heavy atom. The molecule has 0 aliphatic heterocycles. The monoisotopic (exact) mass is 304 g/mol. The zero-order valence-electron chi connectivity index (χ0n) is 10.6. The van der Waals surface area contributed by atoms with Crippen LogP contribution in [0, 0.1) is 6.92 Å². The van der Waals surface area contributed by atoms with Crippen LogP contribution in [0.4, 0.5) is 0 Å². The number of hydrogen-bond acceptors (Lipinski definition) is 3. The average molecular weight is 305 g/mol. The number of hydrogen-bond donors (Lipinski definition) is 0. The van der Waals surface area contributed by atoms with Crippen molar-refractivity contribution >= 4 is 23.2 Å². The summed E-state index contributed by atoms with van der Waals surface area (Å²) in [6, 6.07) is 13.2. The third-order valence-electron chi connectivity index (χ3n) is 2.93. The maximum atomic E-state index is 6.34. The van der Waals surface area contributed by atoms with Gasteiger partial charge < -0.3 is 0 Å². The highest BCUT2D eigenvalue weighted by molar-refractivity contribution is 6.31. The van der Waals surface area contributed by atoms with Crippen molar-refractivity contribution in [1.29, 1.82) is 0 Å². The lowest BCUT2D eigenvalue weighted by Gasteiger charge is -2.00. The Bertz CT molecular complexity index is 736. The van der Waals surface area contributed by atoms with E-state index >= 15 is 0 Å². The van der Waals surface area contributed by atoms with Gasteiger partial charge in [-0.3, -0.25) is 0 Å². The van der Waals surface area contributed by atoms with Crippen molar-refractivity contribution in [2.75, 3.05) is 0 Å². The van der Waals surface area contributed by atoms with Gasteiger partial charge in [0, 0.05) is 11.1 Å². The summed E-state index contributed by atoms with van der Waals surface area (Å²) in [7, 11) is 0. The molecule has 0 fully saturated rings. The molecule has 0 aliphatic carbocycles. The van der Waals surface area contributed by atoms with Crippen molar-refractivity contribution in [3.8, 4) is 17.1 Å². The number of nitrogens with zero attached hydrogens (tertiary/aromatic N) is 4. The summed E-state index contributed by atoms with van der Waals surface area (Å²) in [5.74, 6) is 0.532. The molecule has 100 valence electrons. The van der Waals surface area contributed by atoms with Crippen LogP contribution in [0.25, 0.3) is 17.1 Å². The second-order valence-electron chi connectivity index (χ2n) is 4.26. The first kappa shape index (κ1) is 13.1. The number of rotatable bonds is 2. The first-order chi connectivity index (χ1) is 9.66. The van der Waals surface area contributed by atoms with Gasteiger partial charge in [0.25, 0.3) is 0 Å². The van der Waals surface area contributed by atoms with Crippen LogP contribution in [0.15, 0.2) is 42.5 Å². The fourth-order valence-electron chi connectivity index (χ4n) is 1.92. The van der Waals surface area contributed by atoms with Crippen LogP contribution < -0.4 is 0 Å². The Kier molecular flexibility index (Phi) is 3.42. The summed E-state index contributed by atoms with van der Waals surface area (Å²) >= 11 is 12.1. The van der Waals surface area contributed by atoms with Gasteiger partial charge in [0.1, 0.15) is 5.15 Å². The van der Waals surface area contributed by atoms with Crippen molar-refractivity contribution in [3.63, 3.8) is 0 Å². The van der Waals surface area contributed by atoms with Gasteiger partial charge in [-0.25, -0.2) is 4.68 Å². The molecule has 0 radical (unpaired) electrons. The maximum absolute atomic E-state index is 6.34. The largest absolute Gasteiger partial charge is 0.201 e. The molecule has 0 amide bonds. The lowest BCUT2D eigenvalue weighted by Crippen LogP contribution is -2.01. The van der Waals surface area contributed by atoms with Crippen molar-refractivity contribution < 1.29 is 0 Å². The van der Waals surface area contributed by atoms with E-state index < -0.39 is 0 Å². The van der Waals surface area contributed by atoms with E-state index in [-0.39, 0.29) is 0 Å². The highest BCUT2D eigenvalue weighted by Gasteiger charge is 2.16. The first-order valence-electron chi connectivity index (χ1n) is 5.97. The molecule has 0 aliphatic rings. The standard InChI is InChI=1S/C14H10Cl2N4/c1-9-13(10-5-3-2-4-6-10)19-20(14(9)16)12-8-7-11(15)17-18-12/h2-8H,1H3. The highest BCUT2D eigenvalue weighted by atomic mass is 35.5. The Hall–Kier alpha value is -1.91. The van der Waals surface area contributed by atoms with Gasteiger partial charge in [-0.05, 0) is 19.1 Å². The minimum Gasteiger partial charge on any atom is -0.201 e. The minimum atomic E-state index is 0.331. The maximum Gasteiger partial charge on any atom is 0.177 e. The van der Waals surface area contributed by atoms with E-state index in [9.17, 15) is 0 Å². The zero-order chi connectivity index (χ0) is 14.1. The molecule has 0 saturated heterocycles. The summed E-state index contributed by atoms with van der Waals surface area (Å²) in [5, 5.41) is 13.2. The van der Waals surface area contributed by atoms with E-state index in [0.29, 0.717) is 16.1 Å². The Labute approximate surface area is 126 Å². The second-order valence-corrected chi connectivity index (χ2v) is 5.00. The number of benzene rings is 1. The summed E-state index contributed by atoms with van der Waals surface area (Å²) in [5.41, 5.74) is 2.73. The Balaban J connectivity index is 2.13. The van der Waals surface area contributed by atoms with E-state index in [1.807, 2.05) is 37.3 Å². The predicted octanol–water partition coefficient (Wildman–Crippen LogP) is 3.94.